The van der Waals surface area contributed by atoms with Crippen LogP contribution in [-0.4, -0.2) is 6.29 Å². The topological polar surface area (TPSA) is 17.1 Å². The SMILES string of the molecule is CC1=CCC=C(C)C1C=O. The van der Waals surface area contributed by atoms with Gasteiger partial charge in [0.15, 0.2) is 0 Å². The second kappa shape index (κ2) is 2.82. The highest BCUT2D eigenvalue weighted by Crippen LogP contribution is 2.22. The standard InChI is InChI=1S/C9H12O/c1-7-4-3-5-8(2)9(7)6-10/h4-6,9H,3H2,1-2H3. The summed E-state index contributed by atoms with van der Waals surface area (Å²) in [4.78, 5) is 10.5. The highest BCUT2D eigenvalue weighted by molar-refractivity contribution is 5.64. The van der Waals surface area contributed by atoms with Gasteiger partial charge in [0, 0.05) is 0 Å². The van der Waals surface area contributed by atoms with E-state index in [0.717, 1.165) is 12.7 Å². The quantitative estimate of drug-likeness (QED) is 0.398. The first-order valence-electron chi connectivity index (χ1n) is 3.54. The van der Waals surface area contributed by atoms with Crippen LogP contribution in [0.5, 0.6) is 0 Å². The lowest BCUT2D eigenvalue weighted by Crippen LogP contribution is -2.07. The molecule has 0 aromatic rings. The average Bonchev–Trinajstić information content (AvgIpc) is 1.88. The molecule has 0 unspecified atom stereocenters. The van der Waals surface area contributed by atoms with E-state index in [2.05, 4.69) is 12.2 Å². The highest BCUT2D eigenvalue weighted by Gasteiger charge is 2.13. The summed E-state index contributed by atoms with van der Waals surface area (Å²) in [6, 6.07) is 0. The number of carbonyl (C=O) groups is 1. The molecule has 0 aromatic heterocycles. The summed E-state index contributed by atoms with van der Waals surface area (Å²) < 4.78 is 0. The molecule has 1 aliphatic rings. The van der Waals surface area contributed by atoms with Crippen LogP contribution in [0.2, 0.25) is 0 Å². The molecule has 54 valence electrons. The first kappa shape index (κ1) is 7.26. The van der Waals surface area contributed by atoms with Crippen LogP contribution in [0.1, 0.15) is 20.3 Å². The fourth-order valence-electron chi connectivity index (χ4n) is 1.26. The lowest BCUT2D eigenvalue weighted by atomic mass is 9.89. The molecule has 0 saturated carbocycles. The summed E-state index contributed by atoms with van der Waals surface area (Å²) >= 11 is 0. The maximum Gasteiger partial charge on any atom is 0.131 e. The van der Waals surface area contributed by atoms with E-state index in [1.54, 1.807) is 0 Å². The molecule has 1 nitrogen and oxygen atoms in total. The number of hydrogen-bond acceptors (Lipinski definition) is 1. The molecule has 1 aliphatic carbocycles. The van der Waals surface area contributed by atoms with Crippen molar-refractivity contribution < 1.29 is 4.79 Å². The Morgan fingerprint density at radius 3 is 2.20 bits per heavy atom. The predicted molar refractivity (Wildman–Crippen MR) is 41.7 cm³/mol. The lowest BCUT2D eigenvalue weighted by molar-refractivity contribution is -0.109. The first-order chi connectivity index (χ1) is 4.75. The molecule has 0 heterocycles. The van der Waals surface area contributed by atoms with Gasteiger partial charge in [-0.1, -0.05) is 23.3 Å². The van der Waals surface area contributed by atoms with Crippen molar-refractivity contribution in [3.63, 3.8) is 0 Å². The summed E-state index contributed by atoms with van der Waals surface area (Å²) in [6.45, 7) is 4.02. The number of hydrogen-bond donors (Lipinski definition) is 0. The Hall–Kier alpha value is -0.850. The van der Waals surface area contributed by atoms with Crippen LogP contribution in [-0.2, 0) is 4.79 Å². The largest absolute Gasteiger partial charge is 0.302 e. The number of aldehydes is 1. The maximum atomic E-state index is 10.5. The van der Waals surface area contributed by atoms with E-state index < -0.39 is 0 Å². The van der Waals surface area contributed by atoms with Gasteiger partial charge in [0.1, 0.15) is 6.29 Å². The van der Waals surface area contributed by atoms with Crippen molar-refractivity contribution in [1.29, 1.82) is 0 Å². The van der Waals surface area contributed by atoms with Gasteiger partial charge in [-0.05, 0) is 20.3 Å². The van der Waals surface area contributed by atoms with Crippen LogP contribution in [0.25, 0.3) is 0 Å². The van der Waals surface area contributed by atoms with Gasteiger partial charge in [-0.2, -0.15) is 0 Å². The number of allylic oxidation sites excluding steroid dienone is 4. The van der Waals surface area contributed by atoms with Gasteiger partial charge in [-0.25, -0.2) is 0 Å². The van der Waals surface area contributed by atoms with Crippen molar-refractivity contribution in [2.24, 2.45) is 5.92 Å². The van der Waals surface area contributed by atoms with Gasteiger partial charge in [0.05, 0.1) is 5.92 Å². The Kier molecular flexibility index (Phi) is 2.05. The van der Waals surface area contributed by atoms with E-state index in [-0.39, 0.29) is 5.92 Å². The smallest absolute Gasteiger partial charge is 0.131 e. The molecule has 0 aliphatic heterocycles. The zero-order valence-corrected chi connectivity index (χ0v) is 6.42. The Morgan fingerprint density at radius 2 is 1.90 bits per heavy atom. The van der Waals surface area contributed by atoms with Crippen molar-refractivity contribution in [3.05, 3.63) is 23.3 Å². The zero-order chi connectivity index (χ0) is 7.56. The van der Waals surface area contributed by atoms with Crippen LogP contribution in [0.15, 0.2) is 23.3 Å². The molecule has 0 spiro atoms. The molecule has 1 heteroatoms. The average molecular weight is 136 g/mol. The Morgan fingerprint density at radius 1 is 1.40 bits per heavy atom. The van der Waals surface area contributed by atoms with Crippen molar-refractivity contribution in [2.75, 3.05) is 0 Å². The van der Waals surface area contributed by atoms with Crippen molar-refractivity contribution in [3.8, 4) is 0 Å². The number of rotatable bonds is 1. The van der Waals surface area contributed by atoms with Gasteiger partial charge in [0.25, 0.3) is 0 Å². The molecule has 0 aromatic carbocycles. The van der Waals surface area contributed by atoms with Crippen LogP contribution in [0.4, 0.5) is 0 Å². The molecular formula is C9H12O. The maximum absolute atomic E-state index is 10.5. The monoisotopic (exact) mass is 136 g/mol. The Bertz CT molecular complexity index is 181. The Balaban J connectivity index is 2.82. The first-order valence-corrected chi connectivity index (χ1v) is 3.54. The third kappa shape index (κ3) is 1.18. The minimum absolute atomic E-state index is 0.0637. The third-order valence-corrected chi connectivity index (χ3v) is 2.00. The number of carbonyl (C=O) groups excluding carboxylic acids is 1. The van der Waals surface area contributed by atoms with Crippen LogP contribution in [0.3, 0.4) is 0 Å². The molecule has 0 bridgehead atoms. The fraction of sp³-hybridized carbons (Fsp3) is 0.444. The van der Waals surface area contributed by atoms with Gasteiger partial charge in [-0.3, -0.25) is 0 Å². The second-order valence-electron chi connectivity index (χ2n) is 2.75. The Labute approximate surface area is 61.4 Å². The normalized spacial score (nSPS) is 19.8. The van der Waals surface area contributed by atoms with E-state index in [4.69, 9.17) is 0 Å². The molecule has 0 N–H and O–H groups in total. The summed E-state index contributed by atoms with van der Waals surface area (Å²) in [7, 11) is 0. The van der Waals surface area contributed by atoms with Crippen molar-refractivity contribution >= 4 is 6.29 Å². The fourth-order valence-corrected chi connectivity index (χ4v) is 1.26. The third-order valence-electron chi connectivity index (χ3n) is 2.00. The predicted octanol–water partition coefficient (Wildman–Crippen LogP) is 2.10. The molecule has 10 heavy (non-hydrogen) atoms. The molecule has 1 rings (SSSR count). The molecule has 0 amide bonds. The summed E-state index contributed by atoms with van der Waals surface area (Å²) in [6.07, 6.45) is 6.21. The highest BCUT2D eigenvalue weighted by atomic mass is 16.1. The molecule has 0 fully saturated rings. The lowest BCUT2D eigenvalue weighted by Gasteiger charge is -2.15. The molecule has 0 atom stereocenters. The summed E-state index contributed by atoms with van der Waals surface area (Å²) in [5.41, 5.74) is 2.38. The second-order valence-corrected chi connectivity index (χ2v) is 2.75. The van der Waals surface area contributed by atoms with Crippen LogP contribution < -0.4 is 0 Å². The molecule has 0 saturated heterocycles. The van der Waals surface area contributed by atoms with E-state index in [1.165, 1.54) is 11.1 Å². The van der Waals surface area contributed by atoms with Crippen LogP contribution >= 0.6 is 0 Å². The van der Waals surface area contributed by atoms with E-state index in [9.17, 15) is 4.79 Å². The molecular weight excluding hydrogens is 124 g/mol. The zero-order valence-electron chi connectivity index (χ0n) is 6.42. The summed E-state index contributed by atoms with van der Waals surface area (Å²) in [5.74, 6) is 0.0637. The minimum atomic E-state index is 0.0637. The van der Waals surface area contributed by atoms with E-state index in [1.807, 2.05) is 13.8 Å². The van der Waals surface area contributed by atoms with Gasteiger partial charge < -0.3 is 4.79 Å². The van der Waals surface area contributed by atoms with Crippen LogP contribution in [0, 0.1) is 5.92 Å². The van der Waals surface area contributed by atoms with E-state index >= 15 is 0 Å². The minimum Gasteiger partial charge on any atom is -0.302 e. The van der Waals surface area contributed by atoms with E-state index in [0.29, 0.717) is 0 Å². The van der Waals surface area contributed by atoms with Crippen molar-refractivity contribution in [1.82, 2.24) is 0 Å². The van der Waals surface area contributed by atoms with Crippen molar-refractivity contribution in [2.45, 2.75) is 20.3 Å². The van der Waals surface area contributed by atoms with Gasteiger partial charge >= 0.3 is 0 Å². The van der Waals surface area contributed by atoms with Gasteiger partial charge in [0.2, 0.25) is 0 Å². The molecule has 0 radical (unpaired) electrons. The summed E-state index contributed by atoms with van der Waals surface area (Å²) in [5, 5.41) is 0. The van der Waals surface area contributed by atoms with Gasteiger partial charge in [-0.15, -0.1) is 0 Å².